The molecule has 23 heavy (non-hydrogen) atoms. The zero-order valence-electron chi connectivity index (χ0n) is 14.1. The third kappa shape index (κ3) is 4.59. The molecule has 5 nitrogen and oxygen atoms in total. The molecule has 0 aromatic heterocycles. The summed E-state index contributed by atoms with van der Waals surface area (Å²) in [4.78, 5) is 2.53. The molecule has 2 fully saturated rings. The van der Waals surface area contributed by atoms with Crippen LogP contribution in [0, 0.1) is 0 Å². The van der Waals surface area contributed by atoms with Gasteiger partial charge in [-0.3, -0.25) is 4.90 Å². The predicted octanol–water partition coefficient (Wildman–Crippen LogP) is 1.92. The summed E-state index contributed by atoms with van der Waals surface area (Å²) in [5, 5.41) is 3.42. The van der Waals surface area contributed by atoms with Gasteiger partial charge in [0.1, 0.15) is 11.5 Å². The Bertz CT molecular complexity index is 466. The van der Waals surface area contributed by atoms with Crippen LogP contribution in [0.25, 0.3) is 0 Å². The Morgan fingerprint density at radius 1 is 1.17 bits per heavy atom. The van der Waals surface area contributed by atoms with Gasteiger partial charge in [0.05, 0.1) is 25.9 Å². The van der Waals surface area contributed by atoms with E-state index in [0.29, 0.717) is 0 Å². The molecular formula is C18H28N2O3. The molecule has 1 N–H and O–H groups in total. The Hall–Kier alpha value is -1.30. The molecule has 2 heterocycles. The second-order valence-corrected chi connectivity index (χ2v) is 6.44. The molecule has 1 aromatic carbocycles. The Morgan fingerprint density at radius 3 is 2.65 bits per heavy atom. The van der Waals surface area contributed by atoms with Gasteiger partial charge in [-0.15, -0.1) is 0 Å². The van der Waals surface area contributed by atoms with Crippen molar-refractivity contribution in [1.82, 2.24) is 10.2 Å². The summed E-state index contributed by atoms with van der Waals surface area (Å²) in [5.74, 6) is 1.76. The number of methoxy groups -OCH3 is 1. The van der Waals surface area contributed by atoms with E-state index < -0.39 is 0 Å². The standard InChI is InChI=1S/C18H28N2O3/c1-21-16-3-5-17(6-4-16)22-13-2-11-20-12-14-23-18(15-20)7-9-19-10-8-18/h3-6,19H,2,7-15H2,1H3. The first-order chi connectivity index (χ1) is 11.3. The Balaban J connectivity index is 1.38. The molecule has 2 aliphatic rings. The van der Waals surface area contributed by atoms with Gasteiger partial charge in [-0.05, 0) is 56.6 Å². The highest BCUT2D eigenvalue weighted by molar-refractivity contribution is 5.31. The van der Waals surface area contributed by atoms with Crippen molar-refractivity contribution in [3.63, 3.8) is 0 Å². The van der Waals surface area contributed by atoms with Gasteiger partial charge in [0, 0.05) is 19.6 Å². The van der Waals surface area contributed by atoms with Crippen molar-refractivity contribution in [2.45, 2.75) is 24.9 Å². The third-order valence-electron chi connectivity index (χ3n) is 4.79. The number of morpholine rings is 1. The van der Waals surface area contributed by atoms with Crippen molar-refractivity contribution in [3.8, 4) is 11.5 Å². The number of ether oxygens (including phenoxy) is 3. The fraction of sp³-hybridized carbons (Fsp3) is 0.667. The minimum absolute atomic E-state index is 0.0976. The first kappa shape index (κ1) is 16.6. The second kappa shape index (κ2) is 7.99. The van der Waals surface area contributed by atoms with Crippen molar-refractivity contribution < 1.29 is 14.2 Å². The lowest BCUT2D eigenvalue weighted by atomic mass is 9.90. The van der Waals surface area contributed by atoms with Crippen molar-refractivity contribution in [3.05, 3.63) is 24.3 Å². The average molecular weight is 320 g/mol. The van der Waals surface area contributed by atoms with Crippen LogP contribution in [-0.2, 0) is 4.74 Å². The molecule has 2 aliphatic heterocycles. The Kier molecular flexibility index (Phi) is 5.75. The van der Waals surface area contributed by atoms with Gasteiger partial charge in [-0.2, -0.15) is 0 Å². The number of benzene rings is 1. The van der Waals surface area contributed by atoms with Gasteiger partial charge in [0.2, 0.25) is 0 Å². The van der Waals surface area contributed by atoms with E-state index in [1.165, 1.54) is 0 Å². The minimum atomic E-state index is 0.0976. The molecule has 1 spiro atoms. The van der Waals surface area contributed by atoms with E-state index in [0.717, 1.165) is 76.7 Å². The van der Waals surface area contributed by atoms with Gasteiger partial charge in [-0.25, -0.2) is 0 Å². The van der Waals surface area contributed by atoms with E-state index in [9.17, 15) is 0 Å². The first-order valence-corrected chi connectivity index (χ1v) is 8.64. The third-order valence-corrected chi connectivity index (χ3v) is 4.79. The molecule has 0 amide bonds. The van der Waals surface area contributed by atoms with Crippen LogP contribution < -0.4 is 14.8 Å². The normalized spacial score (nSPS) is 21.3. The van der Waals surface area contributed by atoms with E-state index in [2.05, 4.69) is 10.2 Å². The van der Waals surface area contributed by atoms with Crippen molar-refractivity contribution in [2.24, 2.45) is 0 Å². The van der Waals surface area contributed by atoms with E-state index in [-0.39, 0.29) is 5.60 Å². The fourth-order valence-corrected chi connectivity index (χ4v) is 3.45. The van der Waals surface area contributed by atoms with Crippen LogP contribution in [0.1, 0.15) is 19.3 Å². The van der Waals surface area contributed by atoms with Crippen LogP contribution >= 0.6 is 0 Å². The van der Waals surface area contributed by atoms with Crippen molar-refractivity contribution >= 4 is 0 Å². The molecule has 0 unspecified atom stereocenters. The quantitative estimate of drug-likeness (QED) is 0.811. The lowest BCUT2D eigenvalue weighted by molar-refractivity contribution is -0.123. The maximum absolute atomic E-state index is 6.11. The molecule has 128 valence electrons. The van der Waals surface area contributed by atoms with Gasteiger partial charge >= 0.3 is 0 Å². The molecule has 0 bridgehead atoms. The minimum Gasteiger partial charge on any atom is -0.497 e. The summed E-state index contributed by atoms with van der Waals surface area (Å²) in [6.45, 7) is 6.95. The fourth-order valence-electron chi connectivity index (χ4n) is 3.45. The average Bonchev–Trinajstić information content (AvgIpc) is 2.60. The highest BCUT2D eigenvalue weighted by Gasteiger charge is 2.37. The van der Waals surface area contributed by atoms with Crippen molar-refractivity contribution in [1.29, 1.82) is 0 Å². The largest absolute Gasteiger partial charge is 0.497 e. The zero-order valence-corrected chi connectivity index (χ0v) is 14.1. The van der Waals surface area contributed by atoms with E-state index in [1.54, 1.807) is 7.11 Å². The SMILES string of the molecule is COc1ccc(OCCCN2CCOC3(CCNCC3)C2)cc1. The molecule has 0 saturated carbocycles. The zero-order chi connectivity index (χ0) is 16.0. The van der Waals surface area contributed by atoms with Gasteiger partial charge < -0.3 is 19.5 Å². The number of piperidine rings is 1. The second-order valence-electron chi connectivity index (χ2n) is 6.44. The van der Waals surface area contributed by atoms with Gasteiger partial charge in [0.25, 0.3) is 0 Å². The van der Waals surface area contributed by atoms with Crippen molar-refractivity contribution in [2.75, 3.05) is 53.0 Å². The molecule has 0 radical (unpaired) electrons. The van der Waals surface area contributed by atoms with Crippen LogP contribution in [0.15, 0.2) is 24.3 Å². The molecule has 3 rings (SSSR count). The molecule has 0 atom stereocenters. The van der Waals surface area contributed by atoms with E-state index in [4.69, 9.17) is 14.2 Å². The number of hydrogen-bond acceptors (Lipinski definition) is 5. The summed E-state index contributed by atoms with van der Waals surface area (Å²) in [7, 11) is 1.67. The molecule has 1 aromatic rings. The summed E-state index contributed by atoms with van der Waals surface area (Å²) < 4.78 is 17.1. The molecule has 2 saturated heterocycles. The summed E-state index contributed by atoms with van der Waals surface area (Å²) in [6.07, 6.45) is 3.30. The Morgan fingerprint density at radius 2 is 1.91 bits per heavy atom. The summed E-state index contributed by atoms with van der Waals surface area (Å²) in [5.41, 5.74) is 0.0976. The topological polar surface area (TPSA) is 43.0 Å². The number of rotatable bonds is 6. The van der Waals surface area contributed by atoms with Crippen LogP contribution in [-0.4, -0.2) is 63.5 Å². The lowest BCUT2D eigenvalue weighted by Crippen LogP contribution is -2.56. The summed E-state index contributed by atoms with van der Waals surface area (Å²) in [6, 6.07) is 7.77. The van der Waals surface area contributed by atoms with Crippen LogP contribution in [0.4, 0.5) is 0 Å². The monoisotopic (exact) mass is 320 g/mol. The number of hydrogen-bond donors (Lipinski definition) is 1. The highest BCUT2D eigenvalue weighted by Crippen LogP contribution is 2.27. The number of nitrogens with zero attached hydrogens (tertiary/aromatic N) is 1. The van der Waals surface area contributed by atoms with Gasteiger partial charge in [0.15, 0.2) is 0 Å². The predicted molar refractivity (Wildman–Crippen MR) is 90.3 cm³/mol. The van der Waals surface area contributed by atoms with Crippen LogP contribution in [0.2, 0.25) is 0 Å². The Labute approximate surface area is 138 Å². The molecule has 5 heteroatoms. The lowest BCUT2D eigenvalue weighted by Gasteiger charge is -2.45. The maximum atomic E-state index is 6.11. The highest BCUT2D eigenvalue weighted by atomic mass is 16.5. The van der Waals surface area contributed by atoms with Gasteiger partial charge in [-0.1, -0.05) is 0 Å². The molecule has 0 aliphatic carbocycles. The van der Waals surface area contributed by atoms with E-state index in [1.807, 2.05) is 24.3 Å². The van der Waals surface area contributed by atoms with Crippen LogP contribution in [0.5, 0.6) is 11.5 Å². The maximum Gasteiger partial charge on any atom is 0.119 e. The number of nitrogens with one attached hydrogen (secondary N) is 1. The molecular weight excluding hydrogens is 292 g/mol. The smallest absolute Gasteiger partial charge is 0.119 e. The first-order valence-electron chi connectivity index (χ1n) is 8.64. The van der Waals surface area contributed by atoms with Crippen LogP contribution in [0.3, 0.4) is 0 Å². The van der Waals surface area contributed by atoms with E-state index >= 15 is 0 Å². The summed E-state index contributed by atoms with van der Waals surface area (Å²) >= 11 is 0.